The molecule has 0 amide bonds. The Hall–Kier alpha value is -7.56. The summed E-state index contributed by atoms with van der Waals surface area (Å²) in [5, 5.41) is 11.4. The molecule has 2 aromatic heterocycles. The maximum Gasteiger partial charge on any atom is 0.143 e. The van der Waals surface area contributed by atoms with Crippen molar-refractivity contribution in [3.05, 3.63) is 192 Å². The van der Waals surface area contributed by atoms with E-state index in [0.29, 0.717) is 0 Å². The molecule has 4 heteroatoms. The average molecular weight is 773 g/mol. The van der Waals surface area contributed by atoms with E-state index in [9.17, 15) is 0 Å². The average Bonchev–Trinajstić information content (AvgIpc) is 3.80. The molecular formula is C56H40N2O2. The first-order valence-corrected chi connectivity index (χ1v) is 20.6. The van der Waals surface area contributed by atoms with E-state index in [4.69, 9.17) is 8.83 Å². The first kappa shape index (κ1) is 34.5. The van der Waals surface area contributed by atoms with Gasteiger partial charge in [-0.25, -0.2) is 0 Å². The normalized spacial score (nSPS) is 12.0. The van der Waals surface area contributed by atoms with E-state index in [1.807, 2.05) is 0 Å². The summed E-state index contributed by atoms with van der Waals surface area (Å²) in [6.45, 7) is 8.58. The van der Waals surface area contributed by atoms with E-state index in [0.717, 1.165) is 88.8 Å². The Bertz CT molecular complexity index is 3350. The Balaban J connectivity index is 1.03. The fourth-order valence-corrected chi connectivity index (χ4v) is 9.62. The van der Waals surface area contributed by atoms with Gasteiger partial charge in [0.2, 0.25) is 0 Å². The molecule has 0 saturated heterocycles. The standard InChI is InChI=1S/C56H40N2O2/c1-33-9-5-13-39(25-33)57(40-14-6-10-34(2)26-40)43-19-23-51-47(31-43)49-29-37-17-22-46-54-38(18-21-45(53(37)54)55(49)59-51)30-50-48-32-44(20-24-52(48)60-56(46)50)58(41-15-7-11-35(3)27-41)42-16-8-12-36(4)28-42/h5-32H,1-4H3. The van der Waals surface area contributed by atoms with Gasteiger partial charge in [0.25, 0.3) is 0 Å². The molecule has 12 aromatic rings. The molecular weight excluding hydrogens is 733 g/mol. The molecule has 60 heavy (non-hydrogen) atoms. The number of hydrogen-bond acceptors (Lipinski definition) is 4. The smallest absolute Gasteiger partial charge is 0.143 e. The molecule has 0 saturated carbocycles. The largest absolute Gasteiger partial charge is 0.455 e. The maximum atomic E-state index is 6.81. The molecule has 2 heterocycles. The third-order valence-corrected chi connectivity index (χ3v) is 12.3. The summed E-state index contributed by atoms with van der Waals surface area (Å²) in [5.41, 5.74) is 15.1. The third kappa shape index (κ3) is 5.31. The highest BCUT2D eigenvalue weighted by Gasteiger charge is 2.22. The predicted octanol–water partition coefficient (Wildman–Crippen LogP) is 16.6. The highest BCUT2D eigenvalue weighted by Crippen LogP contribution is 2.47. The molecule has 0 radical (unpaired) electrons. The molecule has 0 N–H and O–H groups in total. The van der Waals surface area contributed by atoms with Crippen molar-refractivity contribution >= 4 is 110 Å². The number of benzene rings is 10. The van der Waals surface area contributed by atoms with Gasteiger partial charge in [0.05, 0.1) is 0 Å². The molecule has 0 aliphatic heterocycles. The molecule has 0 atom stereocenters. The van der Waals surface area contributed by atoms with Gasteiger partial charge >= 0.3 is 0 Å². The van der Waals surface area contributed by atoms with Crippen molar-refractivity contribution in [2.45, 2.75) is 27.7 Å². The van der Waals surface area contributed by atoms with Crippen LogP contribution in [0.15, 0.2) is 179 Å². The van der Waals surface area contributed by atoms with Crippen molar-refractivity contribution in [2.24, 2.45) is 0 Å². The Morgan fingerprint density at radius 3 is 1.00 bits per heavy atom. The first-order chi connectivity index (χ1) is 29.3. The van der Waals surface area contributed by atoms with Gasteiger partial charge in [-0.3, -0.25) is 0 Å². The van der Waals surface area contributed by atoms with Gasteiger partial charge in [-0.15, -0.1) is 0 Å². The summed E-state index contributed by atoms with van der Waals surface area (Å²) in [5.74, 6) is 0. The van der Waals surface area contributed by atoms with Gasteiger partial charge in [-0.05, 0) is 170 Å². The summed E-state index contributed by atoms with van der Waals surface area (Å²) < 4.78 is 13.6. The zero-order valence-electron chi connectivity index (χ0n) is 33.9. The van der Waals surface area contributed by atoms with Gasteiger partial charge in [-0.2, -0.15) is 0 Å². The molecule has 0 aliphatic carbocycles. The second kappa shape index (κ2) is 13.0. The van der Waals surface area contributed by atoms with E-state index in [1.165, 1.54) is 43.8 Å². The molecule has 10 aromatic carbocycles. The summed E-state index contributed by atoms with van der Waals surface area (Å²) in [6, 6.07) is 61.6. The van der Waals surface area contributed by atoms with Gasteiger partial charge in [-0.1, -0.05) is 60.7 Å². The van der Waals surface area contributed by atoms with E-state index < -0.39 is 0 Å². The molecule has 4 nitrogen and oxygen atoms in total. The Morgan fingerprint density at radius 2 is 0.650 bits per heavy atom. The molecule has 0 aliphatic rings. The monoisotopic (exact) mass is 772 g/mol. The second-order valence-electron chi connectivity index (χ2n) is 16.5. The molecule has 12 rings (SSSR count). The third-order valence-electron chi connectivity index (χ3n) is 12.3. The zero-order valence-corrected chi connectivity index (χ0v) is 33.9. The van der Waals surface area contributed by atoms with Crippen molar-refractivity contribution in [1.82, 2.24) is 0 Å². The van der Waals surface area contributed by atoms with Gasteiger partial charge in [0.1, 0.15) is 22.3 Å². The SMILES string of the molecule is Cc1cccc(N(c2cccc(C)c2)c2ccc3oc4c(cc5ccc6c7oc8ccc(N(c9cccc(C)c9)c9cccc(C)c9)cc8c7cc7ccc4c5c76)c3c2)c1. The van der Waals surface area contributed by atoms with Crippen molar-refractivity contribution in [3.8, 4) is 0 Å². The molecule has 0 spiro atoms. The number of furan rings is 2. The molecule has 0 fully saturated rings. The van der Waals surface area contributed by atoms with Crippen LogP contribution in [0.4, 0.5) is 34.1 Å². The predicted molar refractivity (Wildman–Crippen MR) is 253 cm³/mol. The van der Waals surface area contributed by atoms with Gasteiger partial charge < -0.3 is 18.6 Å². The van der Waals surface area contributed by atoms with Crippen molar-refractivity contribution < 1.29 is 8.83 Å². The van der Waals surface area contributed by atoms with E-state index in [2.05, 4.69) is 207 Å². The van der Waals surface area contributed by atoms with Crippen LogP contribution >= 0.6 is 0 Å². The lowest BCUT2D eigenvalue weighted by Crippen LogP contribution is -2.10. The summed E-state index contributed by atoms with van der Waals surface area (Å²) in [7, 11) is 0. The van der Waals surface area contributed by atoms with Crippen LogP contribution in [-0.4, -0.2) is 0 Å². The van der Waals surface area contributed by atoms with Crippen LogP contribution in [0.2, 0.25) is 0 Å². The quantitative estimate of drug-likeness (QED) is 0.158. The number of hydrogen-bond donors (Lipinski definition) is 0. The minimum Gasteiger partial charge on any atom is -0.455 e. The lowest BCUT2D eigenvalue weighted by atomic mass is 9.91. The molecule has 0 unspecified atom stereocenters. The van der Waals surface area contributed by atoms with Crippen molar-refractivity contribution in [1.29, 1.82) is 0 Å². The summed E-state index contributed by atoms with van der Waals surface area (Å²) in [6.07, 6.45) is 0. The topological polar surface area (TPSA) is 32.8 Å². The van der Waals surface area contributed by atoms with Crippen LogP contribution < -0.4 is 9.80 Å². The van der Waals surface area contributed by atoms with E-state index in [-0.39, 0.29) is 0 Å². The molecule has 286 valence electrons. The Labute approximate surface area is 347 Å². The Morgan fingerprint density at radius 1 is 0.300 bits per heavy atom. The van der Waals surface area contributed by atoms with Crippen LogP contribution in [0.1, 0.15) is 22.3 Å². The molecule has 0 bridgehead atoms. The highest BCUT2D eigenvalue weighted by molar-refractivity contribution is 6.34. The lowest BCUT2D eigenvalue weighted by molar-refractivity contribution is 0.672. The zero-order chi connectivity index (χ0) is 40.2. The van der Waals surface area contributed by atoms with Crippen LogP contribution in [0, 0.1) is 27.7 Å². The van der Waals surface area contributed by atoms with Crippen LogP contribution in [0.3, 0.4) is 0 Å². The highest BCUT2D eigenvalue weighted by atomic mass is 16.3. The number of aryl methyl sites for hydroxylation is 4. The second-order valence-corrected chi connectivity index (χ2v) is 16.5. The number of rotatable bonds is 6. The maximum absolute atomic E-state index is 6.81. The summed E-state index contributed by atoms with van der Waals surface area (Å²) >= 11 is 0. The number of fused-ring (bicyclic) bond motifs is 8. The van der Waals surface area contributed by atoms with Gasteiger partial charge in [0.15, 0.2) is 0 Å². The van der Waals surface area contributed by atoms with Crippen molar-refractivity contribution in [3.63, 3.8) is 0 Å². The number of anilines is 6. The van der Waals surface area contributed by atoms with Gasteiger partial charge in [0, 0.05) is 77.2 Å². The van der Waals surface area contributed by atoms with Crippen LogP contribution in [0.5, 0.6) is 0 Å². The van der Waals surface area contributed by atoms with Crippen LogP contribution in [-0.2, 0) is 0 Å². The minimum atomic E-state index is 0.873. The Kier molecular flexibility index (Phi) is 7.45. The van der Waals surface area contributed by atoms with Crippen LogP contribution in [0.25, 0.3) is 76.2 Å². The number of nitrogens with zero attached hydrogens (tertiary/aromatic N) is 2. The van der Waals surface area contributed by atoms with E-state index in [1.54, 1.807) is 0 Å². The summed E-state index contributed by atoms with van der Waals surface area (Å²) in [4.78, 5) is 4.68. The van der Waals surface area contributed by atoms with E-state index >= 15 is 0 Å². The van der Waals surface area contributed by atoms with Crippen molar-refractivity contribution in [2.75, 3.05) is 9.80 Å². The fraction of sp³-hybridized carbons (Fsp3) is 0.0714. The minimum absolute atomic E-state index is 0.873. The lowest BCUT2D eigenvalue weighted by Gasteiger charge is -2.26. The fourth-order valence-electron chi connectivity index (χ4n) is 9.62. The first-order valence-electron chi connectivity index (χ1n) is 20.6.